The van der Waals surface area contributed by atoms with E-state index < -0.39 is 6.16 Å². The van der Waals surface area contributed by atoms with E-state index in [9.17, 15) is 4.79 Å². The van der Waals surface area contributed by atoms with E-state index in [0.717, 1.165) is 5.56 Å². The van der Waals surface area contributed by atoms with E-state index in [4.69, 9.17) is 9.47 Å². The van der Waals surface area contributed by atoms with Gasteiger partial charge in [0.15, 0.2) is 0 Å². The average Bonchev–Trinajstić information content (AvgIpc) is 2.31. The highest BCUT2D eigenvalue weighted by atomic mass is 16.7. The predicted molar refractivity (Wildman–Crippen MR) is 71.7 cm³/mol. The first-order chi connectivity index (χ1) is 8.52. The Bertz CT molecular complexity index is 393. The minimum absolute atomic E-state index is 0.00897. The highest BCUT2D eigenvalue weighted by molar-refractivity contribution is 5.60. The molecule has 0 aromatic heterocycles. The van der Waals surface area contributed by atoms with Crippen molar-refractivity contribution in [2.45, 2.75) is 32.8 Å². The van der Waals surface area contributed by atoms with Gasteiger partial charge >= 0.3 is 6.16 Å². The maximum Gasteiger partial charge on any atom is 0.508 e. The fraction of sp³-hybridized carbons (Fsp3) is 0.400. The molecule has 0 heterocycles. The van der Waals surface area contributed by atoms with Crippen molar-refractivity contribution >= 4 is 6.16 Å². The maximum atomic E-state index is 11.3. The summed E-state index contributed by atoms with van der Waals surface area (Å²) in [6, 6.07) is 8.08. The van der Waals surface area contributed by atoms with Gasteiger partial charge in [-0.2, -0.15) is 0 Å². The van der Waals surface area contributed by atoms with Gasteiger partial charge in [-0.3, -0.25) is 0 Å². The van der Waals surface area contributed by atoms with Crippen molar-refractivity contribution < 1.29 is 14.3 Å². The molecule has 0 amide bonds. The first-order valence-corrected chi connectivity index (χ1v) is 6.05. The zero-order valence-electron chi connectivity index (χ0n) is 11.2. The van der Waals surface area contributed by atoms with Crippen molar-refractivity contribution in [2.75, 3.05) is 6.61 Å². The van der Waals surface area contributed by atoms with Crippen LogP contribution in [0, 0.1) is 6.92 Å². The summed E-state index contributed by atoms with van der Waals surface area (Å²) in [5.41, 5.74) is 2.27. The Morgan fingerprint density at radius 1 is 1.33 bits per heavy atom. The van der Waals surface area contributed by atoms with Crippen LogP contribution >= 0.6 is 0 Å². The SMILES string of the molecule is C=C[C@@H](COC(=O)OC(C)C)c1ccc(C)cc1. The average molecular weight is 248 g/mol. The summed E-state index contributed by atoms with van der Waals surface area (Å²) >= 11 is 0. The van der Waals surface area contributed by atoms with E-state index in [1.807, 2.05) is 31.2 Å². The van der Waals surface area contributed by atoms with Crippen molar-refractivity contribution in [3.8, 4) is 0 Å². The summed E-state index contributed by atoms with van der Waals surface area (Å²) < 4.78 is 9.96. The molecule has 0 saturated carbocycles. The fourth-order valence-corrected chi connectivity index (χ4v) is 1.50. The summed E-state index contributed by atoms with van der Waals surface area (Å²) in [6.07, 6.45) is 0.968. The van der Waals surface area contributed by atoms with Crippen LogP contribution in [0.15, 0.2) is 36.9 Å². The molecule has 0 unspecified atom stereocenters. The van der Waals surface area contributed by atoms with E-state index >= 15 is 0 Å². The van der Waals surface area contributed by atoms with E-state index in [1.54, 1.807) is 19.9 Å². The summed E-state index contributed by atoms with van der Waals surface area (Å²) in [5, 5.41) is 0. The molecule has 0 fully saturated rings. The zero-order valence-corrected chi connectivity index (χ0v) is 11.2. The third-order valence-corrected chi connectivity index (χ3v) is 2.50. The Kier molecular flexibility index (Phi) is 5.43. The Morgan fingerprint density at radius 3 is 2.44 bits per heavy atom. The molecule has 0 aliphatic rings. The Balaban J connectivity index is 2.55. The van der Waals surface area contributed by atoms with Crippen LogP contribution < -0.4 is 0 Å². The van der Waals surface area contributed by atoms with E-state index in [0.29, 0.717) is 0 Å². The standard InChI is InChI=1S/C15H20O3/c1-5-13(10-17-15(16)18-11(2)3)14-8-6-12(4)7-9-14/h5-9,11,13H,1,10H2,2-4H3/t13-/m0/s1. The molecular formula is C15H20O3. The minimum Gasteiger partial charge on any atom is -0.433 e. The van der Waals surface area contributed by atoms with Crippen molar-refractivity contribution in [2.24, 2.45) is 0 Å². The van der Waals surface area contributed by atoms with Crippen LogP contribution in [0.3, 0.4) is 0 Å². The first-order valence-electron chi connectivity index (χ1n) is 6.05. The molecule has 0 N–H and O–H groups in total. The second-order valence-corrected chi connectivity index (χ2v) is 4.48. The Labute approximate surface area is 108 Å². The molecule has 3 heteroatoms. The molecule has 18 heavy (non-hydrogen) atoms. The molecule has 1 aromatic carbocycles. The number of carbonyl (C=O) groups excluding carboxylic acids is 1. The van der Waals surface area contributed by atoms with Gasteiger partial charge in [-0.1, -0.05) is 35.9 Å². The van der Waals surface area contributed by atoms with Gasteiger partial charge in [-0.05, 0) is 26.3 Å². The van der Waals surface area contributed by atoms with Gasteiger partial charge in [0.05, 0.1) is 6.10 Å². The van der Waals surface area contributed by atoms with Gasteiger partial charge < -0.3 is 9.47 Å². The normalized spacial score (nSPS) is 12.0. The lowest BCUT2D eigenvalue weighted by atomic mass is 9.99. The summed E-state index contributed by atoms with van der Waals surface area (Å²) in [6.45, 7) is 9.61. The van der Waals surface area contributed by atoms with E-state index in [-0.39, 0.29) is 18.6 Å². The highest BCUT2D eigenvalue weighted by Crippen LogP contribution is 2.18. The van der Waals surface area contributed by atoms with Crippen LogP contribution in [0.4, 0.5) is 4.79 Å². The number of aryl methyl sites for hydroxylation is 1. The Morgan fingerprint density at radius 2 is 1.94 bits per heavy atom. The van der Waals surface area contributed by atoms with Crippen LogP contribution in [0.25, 0.3) is 0 Å². The minimum atomic E-state index is -0.635. The van der Waals surface area contributed by atoms with Crippen molar-refractivity contribution in [1.82, 2.24) is 0 Å². The topological polar surface area (TPSA) is 35.5 Å². The molecular weight excluding hydrogens is 228 g/mol. The molecule has 0 aliphatic carbocycles. The lowest BCUT2D eigenvalue weighted by Gasteiger charge is -2.14. The van der Waals surface area contributed by atoms with Crippen molar-refractivity contribution in [3.63, 3.8) is 0 Å². The predicted octanol–water partition coefficient (Wildman–Crippen LogP) is 3.83. The van der Waals surface area contributed by atoms with Gasteiger partial charge in [0.2, 0.25) is 0 Å². The lowest BCUT2D eigenvalue weighted by molar-refractivity contribution is 0.0332. The molecule has 0 radical (unpaired) electrons. The van der Waals surface area contributed by atoms with E-state index in [2.05, 4.69) is 6.58 Å². The second kappa shape index (κ2) is 6.84. The molecule has 3 nitrogen and oxygen atoms in total. The molecule has 98 valence electrons. The lowest BCUT2D eigenvalue weighted by Crippen LogP contribution is -2.16. The second-order valence-electron chi connectivity index (χ2n) is 4.48. The number of carbonyl (C=O) groups is 1. The number of hydrogen-bond donors (Lipinski definition) is 0. The van der Waals surface area contributed by atoms with Gasteiger partial charge in [0, 0.05) is 5.92 Å². The van der Waals surface area contributed by atoms with Gasteiger partial charge in [0.1, 0.15) is 6.61 Å². The monoisotopic (exact) mass is 248 g/mol. The molecule has 0 saturated heterocycles. The number of ether oxygens (including phenoxy) is 2. The third-order valence-electron chi connectivity index (χ3n) is 2.50. The van der Waals surface area contributed by atoms with Crippen molar-refractivity contribution in [1.29, 1.82) is 0 Å². The summed E-state index contributed by atoms with van der Waals surface area (Å²) in [4.78, 5) is 11.3. The quantitative estimate of drug-likeness (QED) is 0.587. The maximum absolute atomic E-state index is 11.3. The molecule has 0 bridgehead atoms. The molecule has 1 rings (SSSR count). The molecule has 1 aromatic rings. The molecule has 0 spiro atoms. The summed E-state index contributed by atoms with van der Waals surface area (Å²) in [5.74, 6) is -0.00897. The molecule has 0 aliphatic heterocycles. The van der Waals surface area contributed by atoms with Gasteiger partial charge in [0.25, 0.3) is 0 Å². The third kappa shape index (κ3) is 4.62. The number of rotatable bonds is 5. The van der Waals surface area contributed by atoms with Crippen LogP contribution in [0.5, 0.6) is 0 Å². The van der Waals surface area contributed by atoms with Crippen LogP contribution in [-0.4, -0.2) is 18.9 Å². The Hall–Kier alpha value is -1.77. The van der Waals surface area contributed by atoms with Crippen molar-refractivity contribution in [3.05, 3.63) is 48.0 Å². The van der Waals surface area contributed by atoms with Crippen LogP contribution in [-0.2, 0) is 9.47 Å². The van der Waals surface area contributed by atoms with Crippen LogP contribution in [0.1, 0.15) is 30.9 Å². The number of benzene rings is 1. The smallest absolute Gasteiger partial charge is 0.433 e. The largest absolute Gasteiger partial charge is 0.508 e. The van der Waals surface area contributed by atoms with Crippen LogP contribution in [0.2, 0.25) is 0 Å². The summed E-state index contributed by atoms with van der Waals surface area (Å²) in [7, 11) is 0. The van der Waals surface area contributed by atoms with E-state index in [1.165, 1.54) is 5.56 Å². The van der Waals surface area contributed by atoms with Gasteiger partial charge in [-0.15, -0.1) is 6.58 Å². The number of hydrogen-bond acceptors (Lipinski definition) is 3. The zero-order chi connectivity index (χ0) is 13.5. The highest BCUT2D eigenvalue weighted by Gasteiger charge is 2.12. The first kappa shape index (κ1) is 14.3. The fourth-order valence-electron chi connectivity index (χ4n) is 1.50. The van der Waals surface area contributed by atoms with Gasteiger partial charge in [-0.25, -0.2) is 4.79 Å². The molecule has 1 atom stereocenters.